The van der Waals surface area contributed by atoms with E-state index < -0.39 is 10.0 Å². The third kappa shape index (κ3) is 3.68. The second kappa shape index (κ2) is 5.47. The molecule has 1 saturated carbocycles. The van der Waals surface area contributed by atoms with Crippen LogP contribution in [0.3, 0.4) is 0 Å². The highest BCUT2D eigenvalue weighted by atomic mass is 32.2. The fraction of sp³-hybridized carbons (Fsp3) is 1.00. The van der Waals surface area contributed by atoms with Crippen molar-refractivity contribution < 1.29 is 8.42 Å². The summed E-state index contributed by atoms with van der Waals surface area (Å²) in [6.45, 7) is 6.63. The van der Waals surface area contributed by atoms with Gasteiger partial charge < -0.3 is 5.73 Å². The van der Waals surface area contributed by atoms with Crippen molar-refractivity contribution >= 4 is 10.0 Å². The summed E-state index contributed by atoms with van der Waals surface area (Å²) in [4.78, 5) is 0. The van der Waals surface area contributed by atoms with Crippen molar-refractivity contribution in [2.45, 2.75) is 58.4 Å². The van der Waals surface area contributed by atoms with Crippen molar-refractivity contribution in [2.24, 2.45) is 11.1 Å². The van der Waals surface area contributed by atoms with Crippen molar-refractivity contribution in [1.82, 2.24) is 4.31 Å². The lowest BCUT2D eigenvalue weighted by atomic mass is 9.94. The molecule has 0 aliphatic heterocycles. The van der Waals surface area contributed by atoms with Gasteiger partial charge in [-0.05, 0) is 24.7 Å². The Morgan fingerprint density at radius 3 is 2.11 bits per heavy atom. The van der Waals surface area contributed by atoms with E-state index in [9.17, 15) is 8.42 Å². The van der Waals surface area contributed by atoms with E-state index in [4.69, 9.17) is 5.73 Å². The second-order valence-corrected chi connectivity index (χ2v) is 8.85. The molecule has 0 heterocycles. The molecule has 108 valence electrons. The van der Waals surface area contributed by atoms with Crippen LogP contribution in [0, 0.1) is 5.41 Å². The number of likely N-dealkylation sites (N-methyl/N-ethyl adjacent to an activating group) is 1. The van der Waals surface area contributed by atoms with E-state index in [-0.39, 0.29) is 16.7 Å². The lowest BCUT2D eigenvalue weighted by molar-refractivity contribution is 0.229. The number of hydrogen-bond donors (Lipinski definition) is 1. The zero-order chi connectivity index (χ0) is 14.0. The fourth-order valence-electron chi connectivity index (χ4n) is 2.55. The summed E-state index contributed by atoms with van der Waals surface area (Å²) < 4.78 is 26.4. The molecule has 0 aromatic rings. The van der Waals surface area contributed by atoms with E-state index >= 15 is 0 Å². The number of hydrogen-bond acceptors (Lipinski definition) is 3. The molecule has 0 radical (unpaired) electrons. The van der Waals surface area contributed by atoms with Crippen molar-refractivity contribution in [2.75, 3.05) is 19.3 Å². The maximum Gasteiger partial charge on any atom is 0.214 e. The largest absolute Gasteiger partial charge is 0.329 e. The van der Waals surface area contributed by atoms with Gasteiger partial charge in [0, 0.05) is 19.1 Å². The Morgan fingerprint density at radius 2 is 1.72 bits per heavy atom. The first-order valence-corrected chi connectivity index (χ1v) is 8.41. The number of nitrogens with two attached hydrogens (primary N) is 1. The summed E-state index contributed by atoms with van der Waals surface area (Å²) in [5.41, 5.74) is 5.56. The molecule has 0 aromatic carbocycles. The third-order valence-electron chi connectivity index (χ3n) is 4.11. The van der Waals surface area contributed by atoms with Gasteiger partial charge in [-0.2, -0.15) is 4.31 Å². The Morgan fingerprint density at radius 1 is 1.22 bits per heavy atom. The minimum absolute atomic E-state index is 0.0411. The predicted octanol–water partition coefficient (Wildman–Crippen LogP) is 1.96. The highest BCUT2D eigenvalue weighted by molar-refractivity contribution is 7.89. The molecule has 0 spiro atoms. The Balaban J connectivity index is 2.78. The molecule has 0 amide bonds. The van der Waals surface area contributed by atoms with Crippen LogP contribution in [0.1, 0.15) is 52.9 Å². The van der Waals surface area contributed by atoms with E-state index in [1.54, 1.807) is 11.4 Å². The average Bonchev–Trinajstić information content (AvgIpc) is 2.74. The Kier molecular flexibility index (Phi) is 4.84. The van der Waals surface area contributed by atoms with Gasteiger partial charge in [0.2, 0.25) is 10.0 Å². The van der Waals surface area contributed by atoms with Crippen LogP contribution in [0.4, 0.5) is 0 Å². The van der Waals surface area contributed by atoms with Crippen LogP contribution >= 0.6 is 0 Å². The monoisotopic (exact) mass is 276 g/mol. The second-order valence-electron chi connectivity index (χ2n) is 6.73. The maximum atomic E-state index is 12.4. The van der Waals surface area contributed by atoms with Crippen LogP contribution in [0.25, 0.3) is 0 Å². The fourth-order valence-corrected chi connectivity index (χ4v) is 4.54. The SMILES string of the molecule is CN(C1(CN)CCCC1)S(=O)(=O)CCC(C)(C)C. The van der Waals surface area contributed by atoms with Gasteiger partial charge in [0.15, 0.2) is 0 Å². The van der Waals surface area contributed by atoms with Crippen LogP contribution < -0.4 is 5.73 Å². The van der Waals surface area contributed by atoms with Crippen molar-refractivity contribution in [1.29, 1.82) is 0 Å². The van der Waals surface area contributed by atoms with Crippen LogP contribution in [0.2, 0.25) is 0 Å². The lowest BCUT2D eigenvalue weighted by Gasteiger charge is -2.37. The van der Waals surface area contributed by atoms with Gasteiger partial charge in [-0.15, -0.1) is 0 Å². The molecule has 0 aromatic heterocycles. The molecule has 0 atom stereocenters. The molecule has 18 heavy (non-hydrogen) atoms. The summed E-state index contributed by atoms with van der Waals surface area (Å²) in [5, 5.41) is 0. The van der Waals surface area contributed by atoms with Crippen molar-refractivity contribution in [3.05, 3.63) is 0 Å². The third-order valence-corrected chi connectivity index (χ3v) is 6.05. The Bertz CT molecular complexity index is 365. The summed E-state index contributed by atoms with van der Waals surface area (Å²) in [7, 11) is -1.49. The normalized spacial score (nSPS) is 20.6. The number of sulfonamides is 1. The molecule has 0 unspecified atom stereocenters. The molecule has 4 nitrogen and oxygen atoms in total. The highest BCUT2D eigenvalue weighted by Gasteiger charge is 2.42. The zero-order valence-corrected chi connectivity index (χ0v) is 13.0. The first-order chi connectivity index (χ1) is 8.13. The highest BCUT2D eigenvalue weighted by Crippen LogP contribution is 2.35. The van der Waals surface area contributed by atoms with Crippen LogP contribution in [0.15, 0.2) is 0 Å². The van der Waals surface area contributed by atoms with Gasteiger partial charge in [-0.1, -0.05) is 33.6 Å². The molecule has 0 saturated heterocycles. The van der Waals surface area contributed by atoms with Crippen LogP contribution in [0.5, 0.6) is 0 Å². The van der Waals surface area contributed by atoms with Gasteiger partial charge in [-0.25, -0.2) is 8.42 Å². The minimum atomic E-state index is -3.19. The molecule has 5 heteroatoms. The van der Waals surface area contributed by atoms with Crippen LogP contribution in [-0.4, -0.2) is 37.6 Å². The molecular formula is C13H28N2O2S. The van der Waals surface area contributed by atoms with E-state index in [1.165, 1.54) is 0 Å². The first kappa shape index (κ1) is 15.9. The maximum absolute atomic E-state index is 12.4. The molecule has 0 bridgehead atoms. The number of rotatable bonds is 5. The quantitative estimate of drug-likeness (QED) is 0.835. The van der Waals surface area contributed by atoms with Gasteiger partial charge >= 0.3 is 0 Å². The summed E-state index contributed by atoms with van der Waals surface area (Å²) in [6.07, 6.45) is 4.64. The molecule has 2 N–H and O–H groups in total. The smallest absolute Gasteiger partial charge is 0.214 e. The average molecular weight is 276 g/mol. The lowest BCUT2D eigenvalue weighted by Crippen LogP contribution is -2.53. The van der Waals surface area contributed by atoms with E-state index in [0.29, 0.717) is 13.0 Å². The standard InChI is InChI=1S/C13H28N2O2S/c1-12(2,3)9-10-18(16,17)15(4)13(11-14)7-5-6-8-13/h5-11,14H2,1-4H3. The Labute approximate surface area is 112 Å². The molecule has 1 aliphatic rings. The number of nitrogens with zero attached hydrogens (tertiary/aromatic N) is 1. The predicted molar refractivity (Wildman–Crippen MR) is 75.9 cm³/mol. The molecular weight excluding hydrogens is 248 g/mol. The Hall–Kier alpha value is -0.130. The van der Waals surface area contributed by atoms with Crippen LogP contribution in [-0.2, 0) is 10.0 Å². The molecule has 1 rings (SSSR count). The molecule has 1 aliphatic carbocycles. The van der Waals surface area contributed by atoms with Crippen molar-refractivity contribution in [3.8, 4) is 0 Å². The van der Waals surface area contributed by atoms with Gasteiger partial charge in [0.1, 0.15) is 0 Å². The van der Waals surface area contributed by atoms with E-state index in [0.717, 1.165) is 25.7 Å². The summed E-state index contributed by atoms with van der Waals surface area (Å²) >= 11 is 0. The summed E-state index contributed by atoms with van der Waals surface area (Å²) in [5.74, 6) is 0.217. The van der Waals surface area contributed by atoms with Gasteiger partial charge in [-0.3, -0.25) is 0 Å². The van der Waals surface area contributed by atoms with E-state index in [2.05, 4.69) is 20.8 Å². The zero-order valence-electron chi connectivity index (χ0n) is 12.2. The first-order valence-electron chi connectivity index (χ1n) is 6.80. The summed E-state index contributed by atoms with van der Waals surface area (Å²) in [6, 6.07) is 0. The topological polar surface area (TPSA) is 63.4 Å². The van der Waals surface area contributed by atoms with E-state index in [1.807, 2.05) is 0 Å². The van der Waals surface area contributed by atoms with Crippen molar-refractivity contribution in [3.63, 3.8) is 0 Å². The molecule has 1 fully saturated rings. The van der Waals surface area contributed by atoms with Gasteiger partial charge in [0.25, 0.3) is 0 Å². The minimum Gasteiger partial charge on any atom is -0.329 e. The van der Waals surface area contributed by atoms with Gasteiger partial charge in [0.05, 0.1) is 5.75 Å².